The van der Waals surface area contributed by atoms with Crippen LogP contribution in [0.2, 0.25) is 0 Å². The van der Waals surface area contributed by atoms with Crippen LogP contribution in [0.5, 0.6) is 0 Å². The summed E-state index contributed by atoms with van der Waals surface area (Å²) in [7, 11) is 1.76. The molecule has 0 aliphatic carbocycles. The van der Waals surface area contributed by atoms with E-state index in [2.05, 4.69) is 26.8 Å². The van der Waals surface area contributed by atoms with Crippen molar-refractivity contribution in [2.45, 2.75) is 5.92 Å². The summed E-state index contributed by atoms with van der Waals surface area (Å²) in [6.07, 6.45) is 1.77. The number of hydrogen-bond acceptors (Lipinski definition) is 2. The van der Waals surface area contributed by atoms with Gasteiger partial charge in [0, 0.05) is 17.7 Å². The lowest BCUT2D eigenvalue weighted by Gasteiger charge is -2.18. The van der Waals surface area contributed by atoms with Gasteiger partial charge in [-0.25, -0.2) is 0 Å². The maximum atomic E-state index is 12.8. The summed E-state index contributed by atoms with van der Waals surface area (Å²) in [5.41, 5.74) is 7.19. The standard InChI is InChI=1S/C20H18BrN3O2/c1-24-13-16(21)12-17(24)19(25)22-23-20(26)18(14-8-4-2-5-9-14)15-10-6-3-7-11-15/h2-13,18H,1H3,(H,22,25)(H,23,26). The zero-order valence-electron chi connectivity index (χ0n) is 14.1. The maximum Gasteiger partial charge on any atom is 0.286 e. The van der Waals surface area contributed by atoms with Crippen molar-refractivity contribution in [1.82, 2.24) is 15.4 Å². The number of benzene rings is 2. The minimum Gasteiger partial charge on any atom is -0.345 e. The molecule has 0 aliphatic rings. The van der Waals surface area contributed by atoms with Crippen molar-refractivity contribution in [2.24, 2.45) is 7.05 Å². The molecule has 0 spiro atoms. The van der Waals surface area contributed by atoms with Crippen LogP contribution in [0, 0.1) is 0 Å². The first kappa shape index (κ1) is 17.9. The number of carbonyl (C=O) groups excluding carboxylic acids is 2. The Morgan fingerprint density at radius 2 is 1.46 bits per heavy atom. The van der Waals surface area contributed by atoms with Gasteiger partial charge in [-0.15, -0.1) is 0 Å². The van der Waals surface area contributed by atoms with Crippen molar-refractivity contribution in [3.8, 4) is 0 Å². The smallest absolute Gasteiger partial charge is 0.286 e. The van der Waals surface area contributed by atoms with E-state index >= 15 is 0 Å². The van der Waals surface area contributed by atoms with Crippen molar-refractivity contribution < 1.29 is 9.59 Å². The van der Waals surface area contributed by atoms with Crippen LogP contribution < -0.4 is 10.9 Å². The van der Waals surface area contributed by atoms with E-state index in [4.69, 9.17) is 0 Å². The Kier molecular flexibility index (Phi) is 5.53. The highest BCUT2D eigenvalue weighted by Gasteiger charge is 2.23. The third kappa shape index (κ3) is 4.03. The molecule has 26 heavy (non-hydrogen) atoms. The van der Waals surface area contributed by atoms with Gasteiger partial charge in [0.1, 0.15) is 5.69 Å². The van der Waals surface area contributed by atoms with Crippen molar-refractivity contribution in [3.05, 3.63) is 94.2 Å². The number of aromatic nitrogens is 1. The summed E-state index contributed by atoms with van der Waals surface area (Å²) in [6.45, 7) is 0. The molecule has 0 bridgehead atoms. The van der Waals surface area contributed by atoms with Crippen LogP contribution in [0.15, 0.2) is 77.4 Å². The SMILES string of the molecule is Cn1cc(Br)cc1C(=O)NNC(=O)C(c1ccccc1)c1ccccc1. The van der Waals surface area contributed by atoms with Crippen molar-refractivity contribution >= 4 is 27.7 Å². The van der Waals surface area contributed by atoms with E-state index < -0.39 is 5.92 Å². The minimum absolute atomic E-state index is 0.302. The third-order valence-electron chi connectivity index (χ3n) is 4.03. The third-order valence-corrected chi connectivity index (χ3v) is 4.47. The molecule has 3 aromatic rings. The van der Waals surface area contributed by atoms with E-state index in [-0.39, 0.29) is 11.8 Å². The molecule has 1 heterocycles. The second-order valence-electron chi connectivity index (χ2n) is 5.85. The molecular formula is C20H18BrN3O2. The molecule has 0 radical (unpaired) electrons. The normalized spacial score (nSPS) is 10.6. The second-order valence-corrected chi connectivity index (χ2v) is 6.77. The Hall–Kier alpha value is -2.86. The molecule has 1 aromatic heterocycles. The largest absolute Gasteiger partial charge is 0.345 e. The van der Waals surface area contributed by atoms with Crippen LogP contribution in [0.1, 0.15) is 27.5 Å². The van der Waals surface area contributed by atoms with E-state index in [0.29, 0.717) is 5.69 Å². The average Bonchev–Trinajstić information content (AvgIpc) is 3.00. The van der Waals surface area contributed by atoms with E-state index in [1.165, 1.54) is 0 Å². The number of rotatable bonds is 4. The molecule has 132 valence electrons. The number of carbonyl (C=O) groups is 2. The van der Waals surface area contributed by atoms with Crippen molar-refractivity contribution in [3.63, 3.8) is 0 Å². The van der Waals surface area contributed by atoms with Gasteiger partial charge >= 0.3 is 0 Å². The number of amides is 2. The van der Waals surface area contributed by atoms with E-state index in [0.717, 1.165) is 15.6 Å². The Morgan fingerprint density at radius 1 is 0.923 bits per heavy atom. The summed E-state index contributed by atoms with van der Waals surface area (Å²) in [6, 6.07) is 20.6. The van der Waals surface area contributed by atoms with Gasteiger partial charge in [0.2, 0.25) is 5.91 Å². The van der Waals surface area contributed by atoms with Crippen molar-refractivity contribution in [1.29, 1.82) is 0 Å². The fourth-order valence-electron chi connectivity index (χ4n) is 2.79. The lowest BCUT2D eigenvalue weighted by atomic mass is 9.91. The topological polar surface area (TPSA) is 63.1 Å². The molecule has 5 nitrogen and oxygen atoms in total. The summed E-state index contributed by atoms with van der Waals surface area (Å²) >= 11 is 3.33. The fourth-order valence-corrected chi connectivity index (χ4v) is 3.31. The average molecular weight is 412 g/mol. The van der Waals surface area contributed by atoms with Crippen LogP contribution in [0.4, 0.5) is 0 Å². The fraction of sp³-hybridized carbons (Fsp3) is 0.100. The molecule has 0 aliphatic heterocycles. The molecule has 2 aromatic carbocycles. The predicted octanol–water partition coefficient (Wildman–Crippen LogP) is 3.38. The molecule has 6 heteroatoms. The number of hydrazine groups is 1. The monoisotopic (exact) mass is 411 g/mol. The summed E-state index contributed by atoms with van der Waals surface area (Å²) in [4.78, 5) is 25.1. The van der Waals surface area contributed by atoms with Crippen LogP contribution in [-0.2, 0) is 11.8 Å². The van der Waals surface area contributed by atoms with E-state index in [1.807, 2.05) is 60.7 Å². The van der Waals surface area contributed by atoms with Crippen molar-refractivity contribution in [2.75, 3.05) is 0 Å². The molecule has 0 saturated carbocycles. The van der Waals surface area contributed by atoms with E-state index in [9.17, 15) is 9.59 Å². The first-order chi connectivity index (χ1) is 12.6. The molecule has 0 atom stereocenters. The summed E-state index contributed by atoms with van der Waals surface area (Å²) in [5.74, 6) is -1.20. The zero-order chi connectivity index (χ0) is 18.5. The predicted molar refractivity (Wildman–Crippen MR) is 103 cm³/mol. The van der Waals surface area contributed by atoms with Crippen LogP contribution in [-0.4, -0.2) is 16.4 Å². The Labute approximate surface area is 160 Å². The highest BCUT2D eigenvalue weighted by atomic mass is 79.9. The molecule has 2 N–H and O–H groups in total. The number of aryl methyl sites for hydroxylation is 1. The van der Waals surface area contributed by atoms with Crippen LogP contribution in [0.25, 0.3) is 0 Å². The molecular weight excluding hydrogens is 394 g/mol. The Bertz CT molecular complexity index is 868. The lowest BCUT2D eigenvalue weighted by Crippen LogP contribution is -2.44. The van der Waals surface area contributed by atoms with Gasteiger partial charge < -0.3 is 4.57 Å². The summed E-state index contributed by atoms with van der Waals surface area (Å²) < 4.78 is 2.47. The minimum atomic E-state index is -0.516. The molecule has 0 fully saturated rings. The Morgan fingerprint density at radius 3 is 1.92 bits per heavy atom. The lowest BCUT2D eigenvalue weighted by molar-refractivity contribution is -0.122. The van der Waals surface area contributed by atoms with Gasteiger partial charge in [-0.05, 0) is 33.1 Å². The number of halogens is 1. The maximum absolute atomic E-state index is 12.8. The molecule has 3 rings (SSSR count). The number of hydrogen-bond donors (Lipinski definition) is 2. The molecule has 0 unspecified atom stereocenters. The quantitative estimate of drug-likeness (QED) is 0.646. The van der Waals surface area contributed by atoms with E-state index in [1.54, 1.807) is 23.9 Å². The molecule has 2 amide bonds. The van der Waals surface area contributed by atoms with Crippen LogP contribution in [0.3, 0.4) is 0 Å². The van der Waals surface area contributed by atoms with Gasteiger partial charge in [-0.1, -0.05) is 60.7 Å². The number of nitrogens with one attached hydrogen (secondary N) is 2. The summed E-state index contributed by atoms with van der Waals surface area (Å²) in [5, 5.41) is 0. The second kappa shape index (κ2) is 8.01. The highest BCUT2D eigenvalue weighted by molar-refractivity contribution is 9.10. The van der Waals surface area contributed by atoms with Gasteiger partial charge in [-0.2, -0.15) is 0 Å². The first-order valence-corrected chi connectivity index (χ1v) is 8.87. The van der Waals surface area contributed by atoms with Crippen LogP contribution >= 0.6 is 15.9 Å². The first-order valence-electron chi connectivity index (χ1n) is 8.08. The van der Waals surface area contributed by atoms with Gasteiger partial charge in [0.15, 0.2) is 0 Å². The van der Waals surface area contributed by atoms with Gasteiger partial charge in [-0.3, -0.25) is 20.4 Å². The molecule has 0 saturated heterocycles. The zero-order valence-corrected chi connectivity index (χ0v) is 15.7. The highest BCUT2D eigenvalue weighted by Crippen LogP contribution is 2.24. The number of nitrogens with zero attached hydrogens (tertiary/aromatic N) is 1. The Balaban J connectivity index is 1.78. The van der Waals surface area contributed by atoms with Gasteiger partial charge in [0.25, 0.3) is 5.91 Å². The van der Waals surface area contributed by atoms with Gasteiger partial charge in [0.05, 0.1) is 5.92 Å².